The number of amides is 1. The van der Waals surface area contributed by atoms with E-state index in [0.29, 0.717) is 17.8 Å². The molecule has 0 spiro atoms. The van der Waals surface area contributed by atoms with Gasteiger partial charge in [0.25, 0.3) is 5.91 Å². The number of unbranched alkanes of at least 4 members (excludes halogenated alkanes) is 1. The first-order valence-electron chi connectivity index (χ1n) is 7.20. The fourth-order valence-electron chi connectivity index (χ4n) is 2.21. The molecule has 1 amide bonds. The number of para-hydroxylation sites is 2. The molecule has 0 aliphatic carbocycles. The molecule has 0 bridgehead atoms. The van der Waals surface area contributed by atoms with Crippen LogP contribution in [0.25, 0.3) is 0 Å². The van der Waals surface area contributed by atoms with Gasteiger partial charge in [0, 0.05) is 12.2 Å². The smallest absolute Gasteiger partial charge is 0.260 e. The summed E-state index contributed by atoms with van der Waals surface area (Å²) in [6, 6.07) is 17.0. The van der Waals surface area contributed by atoms with Crippen molar-refractivity contribution in [3.8, 4) is 0 Å². The maximum Gasteiger partial charge on any atom is 0.260 e. The van der Waals surface area contributed by atoms with Crippen LogP contribution in [0.4, 0.5) is 11.4 Å². The zero-order valence-corrected chi connectivity index (χ0v) is 12.3. The Hall–Kier alpha value is -2.33. The minimum atomic E-state index is -0.0387. The number of carbonyl (C=O) groups excluding carboxylic acids is 1. The lowest BCUT2D eigenvalue weighted by atomic mass is 10.1. The van der Waals surface area contributed by atoms with Gasteiger partial charge in [-0.05, 0) is 30.7 Å². The maximum absolute atomic E-state index is 12.9. The van der Waals surface area contributed by atoms with Crippen molar-refractivity contribution in [2.45, 2.75) is 19.8 Å². The predicted octanol–water partition coefficient (Wildman–Crippen LogP) is 3.42. The molecule has 4 heteroatoms. The third kappa shape index (κ3) is 3.61. The molecule has 0 aliphatic rings. The Morgan fingerprint density at radius 2 is 1.76 bits per heavy atom. The molecule has 2 aromatic rings. The van der Waals surface area contributed by atoms with Crippen LogP contribution in [-0.2, 0) is 0 Å². The van der Waals surface area contributed by atoms with E-state index < -0.39 is 0 Å². The Morgan fingerprint density at radius 3 is 2.43 bits per heavy atom. The van der Waals surface area contributed by atoms with Crippen molar-refractivity contribution in [3.05, 3.63) is 60.2 Å². The van der Waals surface area contributed by atoms with Gasteiger partial charge in [0.05, 0.1) is 11.3 Å². The van der Waals surface area contributed by atoms with Gasteiger partial charge in [-0.2, -0.15) is 0 Å². The molecule has 0 aliphatic heterocycles. The highest BCUT2D eigenvalue weighted by atomic mass is 16.2. The quantitative estimate of drug-likeness (QED) is 0.631. The summed E-state index contributed by atoms with van der Waals surface area (Å²) in [5.41, 5.74) is 4.72. The van der Waals surface area contributed by atoms with Crippen LogP contribution in [0.1, 0.15) is 30.1 Å². The topological polar surface area (TPSA) is 58.4 Å². The summed E-state index contributed by atoms with van der Waals surface area (Å²) in [5, 5.41) is 0. The molecule has 0 aromatic heterocycles. The molecule has 0 saturated carbocycles. The Balaban J connectivity index is 2.34. The second-order valence-corrected chi connectivity index (χ2v) is 4.84. The Kier molecular flexibility index (Phi) is 5.35. The van der Waals surface area contributed by atoms with Gasteiger partial charge in [-0.3, -0.25) is 10.6 Å². The first-order valence-corrected chi connectivity index (χ1v) is 7.20. The molecule has 3 N–H and O–H groups in total. The molecule has 0 heterocycles. The third-order valence-corrected chi connectivity index (χ3v) is 3.36. The van der Waals surface area contributed by atoms with Crippen molar-refractivity contribution in [3.63, 3.8) is 0 Å². The van der Waals surface area contributed by atoms with E-state index in [9.17, 15) is 4.79 Å². The lowest BCUT2D eigenvalue weighted by Crippen LogP contribution is -2.32. The van der Waals surface area contributed by atoms with E-state index in [1.807, 2.05) is 42.5 Å². The van der Waals surface area contributed by atoms with Crippen molar-refractivity contribution < 1.29 is 4.79 Å². The van der Waals surface area contributed by atoms with E-state index in [0.717, 1.165) is 18.5 Å². The Labute approximate surface area is 125 Å². The molecule has 0 fully saturated rings. The number of anilines is 2. The van der Waals surface area contributed by atoms with Gasteiger partial charge in [0.15, 0.2) is 0 Å². The van der Waals surface area contributed by atoms with E-state index >= 15 is 0 Å². The molecular weight excluding hydrogens is 262 g/mol. The lowest BCUT2D eigenvalue weighted by molar-refractivity contribution is 0.0987. The molecule has 0 saturated heterocycles. The maximum atomic E-state index is 12.9. The number of hydrazine groups is 1. The van der Waals surface area contributed by atoms with Crippen LogP contribution < -0.4 is 16.2 Å². The molecule has 0 atom stereocenters. The summed E-state index contributed by atoms with van der Waals surface area (Å²) in [7, 11) is 0. The first kappa shape index (κ1) is 15.1. The number of benzene rings is 2. The van der Waals surface area contributed by atoms with Gasteiger partial charge >= 0.3 is 0 Å². The van der Waals surface area contributed by atoms with Crippen LogP contribution in [0, 0.1) is 0 Å². The van der Waals surface area contributed by atoms with Crippen LogP contribution in [0.3, 0.4) is 0 Å². The number of nitrogens with one attached hydrogen (secondary N) is 1. The van der Waals surface area contributed by atoms with Crippen LogP contribution in [0.5, 0.6) is 0 Å². The third-order valence-electron chi connectivity index (χ3n) is 3.36. The fraction of sp³-hybridized carbons (Fsp3) is 0.235. The molecule has 4 nitrogen and oxygen atoms in total. The van der Waals surface area contributed by atoms with E-state index in [1.165, 1.54) is 0 Å². The zero-order valence-electron chi connectivity index (χ0n) is 12.3. The van der Waals surface area contributed by atoms with Gasteiger partial charge in [0.1, 0.15) is 0 Å². The highest BCUT2D eigenvalue weighted by molar-refractivity contribution is 6.09. The highest BCUT2D eigenvalue weighted by Gasteiger charge is 2.19. The molecular formula is C17H21N3O. The normalized spacial score (nSPS) is 10.2. The minimum absolute atomic E-state index is 0.0387. The summed E-state index contributed by atoms with van der Waals surface area (Å²) in [4.78, 5) is 14.7. The minimum Gasteiger partial charge on any atom is -0.323 e. The number of carbonyl (C=O) groups is 1. The number of nitrogens with two attached hydrogens (primary N) is 1. The average molecular weight is 283 g/mol. The van der Waals surface area contributed by atoms with Gasteiger partial charge in [-0.1, -0.05) is 43.7 Å². The standard InChI is InChI=1S/C17H21N3O/c1-2-3-13-20(14-9-5-4-6-10-14)17(21)15-11-7-8-12-16(15)19-18/h4-12,19H,2-3,13,18H2,1H3. The molecule has 2 rings (SSSR count). The summed E-state index contributed by atoms with van der Waals surface area (Å²) >= 11 is 0. The monoisotopic (exact) mass is 283 g/mol. The van der Waals surface area contributed by atoms with Gasteiger partial charge in [-0.15, -0.1) is 0 Å². The average Bonchev–Trinajstić information content (AvgIpc) is 2.56. The van der Waals surface area contributed by atoms with Gasteiger partial charge in [-0.25, -0.2) is 0 Å². The van der Waals surface area contributed by atoms with Crippen LogP contribution in [-0.4, -0.2) is 12.5 Å². The fourth-order valence-corrected chi connectivity index (χ4v) is 2.21. The molecule has 0 radical (unpaired) electrons. The second-order valence-electron chi connectivity index (χ2n) is 4.84. The number of nitrogen functional groups attached to an aromatic ring is 1. The van der Waals surface area contributed by atoms with E-state index in [1.54, 1.807) is 17.0 Å². The van der Waals surface area contributed by atoms with E-state index in [-0.39, 0.29) is 5.91 Å². The summed E-state index contributed by atoms with van der Waals surface area (Å²) in [6.45, 7) is 2.81. The Bertz CT molecular complexity index is 584. The molecule has 21 heavy (non-hydrogen) atoms. The molecule has 0 unspecified atom stereocenters. The summed E-state index contributed by atoms with van der Waals surface area (Å²) in [5.74, 6) is 5.47. The number of hydrogen-bond donors (Lipinski definition) is 2. The number of nitrogens with zero attached hydrogens (tertiary/aromatic N) is 1. The lowest BCUT2D eigenvalue weighted by Gasteiger charge is -2.23. The van der Waals surface area contributed by atoms with Gasteiger partial charge < -0.3 is 10.3 Å². The first-order chi connectivity index (χ1) is 10.3. The molecule has 2 aromatic carbocycles. The molecule has 110 valence electrons. The van der Waals surface area contributed by atoms with Crippen molar-refractivity contribution in [1.29, 1.82) is 0 Å². The van der Waals surface area contributed by atoms with Crippen LogP contribution in [0.15, 0.2) is 54.6 Å². The summed E-state index contributed by atoms with van der Waals surface area (Å²) in [6.07, 6.45) is 1.99. The van der Waals surface area contributed by atoms with E-state index in [2.05, 4.69) is 12.3 Å². The second kappa shape index (κ2) is 7.45. The van der Waals surface area contributed by atoms with E-state index in [4.69, 9.17) is 5.84 Å². The van der Waals surface area contributed by atoms with Crippen LogP contribution >= 0.6 is 0 Å². The number of hydrogen-bond acceptors (Lipinski definition) is 3. The number of rotatable bonds is 6. The summed E-state index contributed by atoms with van der Waals surface area (Å²) < 4.78 is 0. The van der Waals surface area contributed by atoms with Crippen molar-refractivity contribution in [1.82, 2.24) is 0 Å². The van der Waals surface area contributed by atoms with Crippen LogP contribution in [0.2, 0.25) is 0 Å². The highest BCUT2D eigenvalue weighted by Crippen LogP contribution is 2.21. The van der Waals surface area contributed by atoms with Gasteiger partial charge in [0.2, 0.25) is 0 Å². The SMILES string of the molecule is CCCCN(C(=O)c1ccccc1NN)c1ccccc1. The zero-order chi connectivity index (χ0) is 15.1. The Morgan fingerprint density at radius 1 is 1.10 bits per heavy atom. The van der Waals surface area contributed by atoms with Crippen molar-refractivity contribution >= 4 is 17.3 Å². The van der Waals surface area contributed by atoms with Crippen molar-refractivity contribution in [2.75, 3.05) is 16.9 Å². The largest absolute Gasteiger partial charge is 0.323 e. The predicted molar refractivity (Wildman–Crippen MR) is 87.3 cm³/mol. The van der Waals surface area contributed by atoms with Crippen molar-refractivity contribution in [2.24, 2.45) is 5.84 Å².